The molecule has 0 aliphatic carbocycles. The van der Waals surface area contributed by atoms with Gasteiger partial charge in [-0.15, -0.1) is 0 Å². The van der Waals surface area contributed by atoms with Crippen LogP contribution in [0.1, 0.15) is 23.7 Å². The average Bonchev–Trinajstić information content (AvgIpc) is 2.63. The molecule has 136 valence electrons. The summed E-state index contributed by atoms with van der Waals surface area (Å²) in [5.41, 5.74) is -0.601. The number of hydrogen-bond acceptors (Lipinski definition) is 5. The Kier molecular flexibility index (Phi) is 4.87. The fraction of sp³-hybridized carbons (Fsp3) is 0.294. The van der Waals surface area contributed by atoms with Gasteiger partial charge in [-0.1, -0.05) is 0 Å². The van der Waals surface area contributed by atoms with Crippen molar-refractivity contribution in [1.82, 2.24) is 14.9 Å². The van der Waals surface area contributed by atoms with Crippen LogP contribution in [-0.2, 0) is 4.74 Å². The largest absolute Gasteiger partial charge is 0.462 e. The Hall–Kier alpha value is -3.36. The number of ether oxygens (including phenoxy) is 1. The number of carbonyl (C=O) groups excluding carboxylic acids is 2. The number of aromatic nitrogens is 2. The topological polar surface area (TPSA) is 114 Å². The Labute approximate surface area is 148 Å². The van der Waals surface area contributed by atoms with E-state index in [2.05, 4.69) is 10.3 Å². The van der Waals surface area contributed by atoms with Crippen LogP contribution in [-0.4, -0.2) is 41.2 Å². The van der Waals surface area contributed by atoms with Gasteiger partial charge in [-0.2, -0.15) is 0 Å². The van der Waals surface area contributed by atoms with E-state index in [1.165, 1.54) is 0 Å². The fourth-order valence-corrected chi connectivity index (χ4v) is 2.69. The monoisotopic (exact) mass is 358 g/mol. The zero-order chi connectivity index (χ0) is 18.7. The van der Waals surface area contributed by atoms with Gasteiger partial charge in [-0.3, -0.25) is 19.2 Å². The van der Waals surface area contributed by atoms with E-state index in [9.17, 15) is 19.2 Å². The molecule has 9 heteroatoms. The second-order valence-corrected chi connectivity index (χ2v) is 5.65. The van der Waals surface area contributed by atoms with E-state index < -0.39 is 17.2 Å². The van der Waals surface area contributed by atoms with Gasteiger partial charge in [-0.25, -0.2) is 14.4 Å². The number of aromatic amines is 1. The number of H-pyrrole nitrogens is 1. The summed E-state index contributed by atoms with van der Waals surface area (Å²) >= 11 is 0. The summed E-state index contributed by atoms with van der Waals surface area (Å²) in [5.74, 6) is -0.802. The lowest BCUT2D eigenvalue weighted by Crippen LogP contribution is -2.46. The number of amides is 2. The van der Waals surface area contributed by atoms with Crippen molar-refractivity contribution in [2.24, 2.45) is 0 Å². The molecule has 1 aliphatic heterocycles. The number of carbonyl (C=O) groups is 2. The summed E-state index contributed by atoms with van der Waals surface area (Å²) in [6.45, 7) is 3.00. The molecule has 2 aromatic rings. The van der Waals surface area contributed by atoms with E-state index in [1.807, 2.05) is 0 Å². The minimum Gasteiger partial charge on any atom is -0.462 e. The van der Waals surface area contributed by atoms with Crippen LogP contribution in [0, 0.1) is 0 Å². The van der Waals surface area contributed by atoms with Gasteiger partial charge in [0.15, 0.2) is 0 Å². The van der Waals surface area contributed by atoms with E-state index in [-0.39, 0.29) is 18.2 Å². The third-order valence-electron chi connectivity index (χ3n) is 3.96. The highest BCUT2D eigenvalue weighted by atomic mass is 16.5. The average molecular weight is 358 g/mol. The van der Waals surface area contributed by atoms with Crippen molar-refractivity contribution in [3.63, 3.8) is 0 Å². The first-order valence-corrected chi connectivity index (χ1v) is 8.20. The van der Waals surface area contributed by atoms with Crippen LogP contribution in [0.4, 0.5) is 10.5 Å². The molecule has 0 bridgehead atoms. The predicted molar refractivity (Wildman–Crippen MR) is 94.0 cm³/mol. The van der Waals surface area contributed by atoms with E-state index in [0.717, 1.165) is 17.2 Å². The Bertz CT molecular complexity index is 945. The second-order valence-electron chi connectivity index (χ2n) is 5.65. The van der Waals surface area contributed by atoms with Crippen LogP contribution in [0.3, 0.4) is 0 Å². The lowest BCUT2D eigenvalue weighted by Gasteiger charge is -2.27. The highest BCUT2D eigenvalue weighted by Gasteiger charge is 2.19. The van der Waals surface area contributed by atoms with Crippen LogP contribution in [0.15, 0.2) is 40.1 Å². The van der Waals surface area contributed by atoms with Crippen molar-refractivity contribution in [3.05, 3.63) is 56.9 Å². The summed E-state index contributed by atoms with van der Waals surface area (Å²) < 4.78 is 5.97. The molecule has 26 heavy (non-hydrogen) atoms. The molecule has 0 spiro atoms. The third kappa shape index (κ3) is 3.37. The molecular weight excluding hydrogens is 340 g/mol. The summed E-state index contributed by atoms with van der Waals surface area (Å²) in [7, 11) is 0. The second kappa shape index (κ2) is 7.26. The number of rotatable bonds is 4. The van der Waals surface area contributed by atoms with Crippen molar-refractivity contribution in [3.8, 4) is 5.69 Å². The number of benzene rings is 1. The SMILES string of the molecule is CCOC(=O)c1cn(-c2ccc(N3CCCNC3=O)cc2)c(=O)[nH]c1=O. The van der Waals surface area contributed by atoms with Crippen molar-refractivity contribution < 1.29 is 14.3 Å². The van der Waals surface area contributed by atoms with Crippen molar-refractivity contribution in [2.45, 2.75) is 13.3 Å². The van der Waals surface area contributed by atoms with Crippen molar-refractivity contribution >= 4 is 17.7 Å². The predicted octanol–water partition coefficient (Wildman–Crippen LogP) is 0.622. The summed E-state index contributed by atoms with van der Waals surface area (Å²) in [6, 6.07) is 6.48. The van der Waals surface area contributed by atoms with Gasteiger partial charge in [0, 0.05) is 25.0 Å². The Morgan fingerprint density at radius 1 is 1.15 bits per heavy atom. The number of urea groups is 1. The molecule has 9 nitrogen and oxygen atoms in total. The van der Waals surface area contributed by atoms with Crippen LogP contribution in [0.2, 0.25) is 0 Å². The van der Waals surface area contributed by atoms with Gasteiger partial charge in [0.25, 0.3) is 5.56 Å². The number of hydrogen-bond donors (Lipinski definition) is 2. The Morgan fingerprint density at radius 2 is 1.85 bits per heavy atom. The molecule has 0 radical (unpaired) electrons. The molecule has 1 saturated heterocycles. The standard InChI is InChI=1S/C17H18N4O5/c1-2-26-15(23)13-10-21(17(25)19-14(13)22)12-6-4-11(5-7-12)20-9-3-8-18-16(20)24/h4-7,10H,2-3,8-9H2,1H3,(H,18,24)(H,19,22,25). The number of esters is 1. The third-order valence-corrected chi connectivity index (χ3v) is 3.96. The maximum absolute atomic E-state index is 12.1. The van der Waals surface area contributed by atoms with Gasteiger partial charge in [0.1, 0.15) is 5.56 Å². The van der Waals surface area contributed by atoms with Gasteiger partial charge >= 0.3 is 17.7 Å². The van der Waals surface area contributed by atoms with Crippen molar-refractivity contribution in [1.29, 1.82) is 0 Å². The van der Waals surface area contributed by atoms with Gasteiger partial charge in [-0.05, 0) is 37.6 Å². The number of nitrogens with one attached hydrogen (secondary N) is 2. The summed E-state index contributed by atoms with van der Waals surface area (Å²) in [6.07, 6.45) is 2.00. The van der Waals surface area contributed by atoms with Crippen LogP contribution in [0.25, 0.3) is 5.69 Å². The van der Waals surface area contributed by atoms with Crippen LogP contribution < -0.4 is 21.5 Å². The Balaban J connectivity index is 1.95. The molecule has 2 heterocycles. The van der Waals surface area contributed by atoms with E-state index in [1.54, 1.807) is 36.1 Å². The fourth-order valence-electron chi connectivity index (χ4n) is 2.69. The minimum absolute atomic E-state index is 0.115. The Morgan fingerprint density at radius 3 is 2.50 bits per heavy atom. The molecule has 3 rings (SSSR count). The van der Waals surface area contributed by atoms with Gasteiger partial charge in [0.2, 0.25) is 0 Å². The number of nitrogens with zero attached hydrogens (tertiary/aromatic N) is 2. The lowest BCUT2D eigenvalue weighted by atomic mass is 10.2. The molecule has 1 aliphatic rings. The molecule has 2 amide bonds. The molecule has 0 saturated carbocycles. The highest BCUT2D eigenvalue weighted by molar-refractivity contribution is 5.92. The van der Waals surface area contributed by atoms with Crippen molar-refractivity contribution in [2.75, 3.05) is 24.6 Å². The lowest BCUT2D eigenvalue weighted by molar-refractivity contribution is 0.0523. The molecule has 1 fully saturated rings. The van der Waals surface area contributed by atoms with Gasteiger partial charge in [0.05, 0.1) is 12.3 Å². The zero-order valence-corrected chi connectivity index (χ0v) is 14.2. The number of anilines is 1. The zero-order valence-electron chi connectivity index (χ0n) is 14.2. The molecule has 0 atom stereocenters. The summed E-state index contributed by atoms with van der Waals surface area (Å²) in [4.78, 5) is 51.4. The maximum atomic E-state index is 12.1. The van der Waals surface area contributed by atoms with E-state index in [0.29, 0.717) is 24.5 Å². The first-order chi connectivity index (χ1) is 12.5. The quantitative estimate of drug-likeness (QED) is 0.778. The van der Waals surface area contributed by atoms with Crippen LogP contribution in [0.5, 0.6) is 0 Å². The minimum atomic E-state index is -0.802. The molecular formula is C17H18N4O5. The highest BCUT2D eigenvalue weighted by Crippen LogP contribution is 2.18. The van der Waals surface area contributed by atoms with Gasteiger partial charge < -0.3 is 10.1 Å². The van der Waals surface area contributed by atoms with E-state index >= 15 is 0 Å². The van der Waals surface area contributed by atoms with E-state index in [4.69, 9.17) is 4.74 Å². The normalized spacial score (nSPS) is 14.0. The molecule has 1 aromatic carbocycles. The molecule has 1 aromatic heterocycles. The van der Waals surface area contributed by atoms with Crippen LogP contribution >= 0.6 is 0 Å². The summed E-state index contributed by atoms with van der Waals surface area (Å²) in [5, 5.41) is 2.76. The smallest absolute Gasteiger partial charge is 0.345 e. The maximum Gasteiger partial charge on any atom is 0.345 e. The molecule has 2 N–H and O–H groups in total. The first-order valence-electron chi connectivity index (χ1n) is 8.20. The first kappa shape index (κ1) is 17.5. The molecule has 0 unspecified atom stereocenters.